The third kappa shape index (κ3) is 1.74. The lowest BCUT2D eigenvalue weighted by Gasteiger charge is -2.02. The zero-order valence-corrected chi connectivity index (χ0v) is 6.73. The van der Waals surface area contributed by atoms with Crippen LogP contribution in [0.5, 0.6) is 0 Å². The first-order valence-corrected chi connectivity index (χ1v) is 3.90. The summed E-state index contributed by atoms with van der Waals surface area (Å²) in [6.45, 7) is 2.12. The van der Waals surface area contributed by atoms with Crippen molar-refractivity contribution in [2.24, 2.45) is 0 Å². The monoisotopic (exact) mass is 158 g/mol. The molecular formula is C7H11ClN2. The molecule has 0 aliphatic heterocycles. The molecule has 0 saturated carbocycles. The number of imidazole rings is 1. The maximum absolute atomic E-state index is 5.98. The molecule has 3 heteroatoms. The Kier molecular flexibility index (Phi) is 2.75. The van der Waals surface area contributed by atoms with Gasteiger partial charge in [0.1, 0.15) is 0 Å². The van der Waals surface area contributed by atoms with Crippen LogP contribution in [0.1, 0.15) is 30.8 Å². The number of hydrogen-bond acceptors (Lipinski definition) is 1. The van der Waals surface area contributed by atoms with Gasteiger partial charge in [0.15, 0.2) is 0 Å². The molecule has 10 heavy (non-hydrogen) atoms. The van der Waals surface area contributed by atoms with E-state index in [1.807, 2.05) is 0 Å². The maximum atomic E-state index is 5.98. The Labute approximate surface area is 65.6 Å². The molecule has 56 valence electrons. The van der Waals surface area contributed by atoms with Crippen molar-refractivity contribution in [1.82, 2.24) is 9.97 Å². The van der Waals surface area contributed by atoms with E-state index in [4.69, 9.17) is 11.6 Å². The van der Waals surface area contributed by atoms with E-state index in [-0.39, 0.29) is 5.38 Å². The number of aromatic amines is 1. The number of alkyl halides is 1. The third-order valence-electron chi connectivity index (χ3n) is 1.40. The molecule has 0 aromatic carbocycles. The van der Waals surface area contributed by atoms with E-state index in [1.54, 1.807) is 12.5 Å². The summed E-state index contributed by atoms with van der Waals surface area (Å²) in [5, 5.41) is 0.104. The fourth-order valence-corrected chi connectivity index (χ4v) is 1.18. The highest BCUT2D eigenvalue weighted by Crippen LogP contribution is 2.22. The van der Waals surface area contributed by atoms with Crippen LogP contribution in [0, 0.1) is 0 Å². The molecule has 1 N–H and O–H groups in total. The van der Waals surface area contributed by atoms with Crippen molar-refractivity contribution in [3.8, 4) is 0 Å². The topological polar surface area (TPSA) is 28.7 Å². The number of rotatable bonds is 3. The van der Waals surface area contributed by atoms with Gasteiger partial charge in [0.05, 0.1) is 17.4 Å². The molecule has 0 spiro atoms. The van der Waals surface area contributed by atoms with Gasteiger partial charge in [0.25, 0.3) is 0 Å². The molecule has 0 saturated heterocycles. The van der Waals surface area contributed by atoms with Crippen LogP contribution in [0.4, 0.5) is 0 Å². The summed E-state index contributed by atoms with van der Waals surface area (Å²) in [6.07, 6.45) is 5.53. The third-order valence-corrected chi connectivity index (χ3v) is 1.85. The summed E-state index contributed by atoms with van der Waals surface area (Å²) < 4.78 is 0. The highest BCUT2D eigenvalue weighted by atomic mass is 35.5. The van der Waals surface area contributed by atoms with E-state index in [0.717, 1.165) is 18.5 Å². The smallest absolute Gasteiger partial charge is 0.0922 e. The minimum absolute atomic E-state index is 0.104. The number of H-pyrrole nitrogens is 1. The molecule has 1 aromatic rings. The lowest BCUT2D eigenvalue weighted by atomic mass is 10.2. The van der Waals surface area contributed by atoms with Crippen LogP contribution in [0.2, 0.25) is 0 Å². The number of halogens is 1. The molecule has 1 atom stereocenters. The SMILES string of the molecule is CCCC(Cl)c1cnc[nH]1. The van der Waals surface area contributed by atoms with Gasteiger partial charge in [-0.3, -0.25) is 0 Å². The van der Waals surface area contributed by atoms with Gasteiger partial charge in [0.2, 0.25) is 0 Å². The van der Waals surface area contributed by atoms with Crippen LogP contribution in [0.3, 0.4) is 0 Å². The fraction of sp³-hybridized carbons (Fsp3) is 0.571. The average molecular weight is 159 g/mol. The second kappa shape index (κ2) is 3.62. The summed E-state index contributed by atoms with van der Waals surface area (Å²) in [5.74, 6) is 0. The normalized spacial score (nSPS) is 13.4. The summed E-state index contributed by atoms with van der Waals surface area (Å²) in [5.41, 5.74) is 1.02. The summed E-state index contributed by atoms with van der Waals surface area (Å²) in [4.78, 5) is 6.86. The minimum Gasteiger partial charge on any atom is -0.347 e. The van der Waals surface area contributed by atoms with Gasteiger partial charge < -0.3 is 4.98 Å². The average Bonchev–Trinajstić information content (AvgIpc) is 2.38. The van der Waals surface area contributed by atoms with Gasteiger partial charge in [-0.1, -0.05) is 13.3 Å². The van der Waals surface area contributed by atoms with Crippen molar-refractivity contribution in [1.29, 1.82) is 0 Å². The highest BCUT2D eigenvalue weighted by molar-refractivity contribution is 6.20. The van der Waals surface area contributed by atoms with Gasteiger partial charge in [-0.15, -0.1) is 11.6 Å². The zero-order valence-electron chi connectivity index (χ0n) is 5.97. The Morgan fingerprint density at radius 1 is 1.80 bits per heavy atom. The van der Waals surface area contributed by atoms with Gasteiger partial charge in [-0.2, -0.15) is 0 Å². The van der Waals surface area contributed by atoms with Crippen molar-refractivity contribution < 1.29 is 0 Å². The second-order valence-electron chi connectivity index (χ2n) is 2.26. The predicted octanol–water partition coefficient (Wildman–Crippen LogP) is 2.49. The molecule has 1 aromatic heterocycles. The van der Waals surface area contributed by atoms with Crippen molar-refractivity contribution in [3.63, 3.8) is 0 Å². The molecule has 0 bridgehead atoms. The molecule has 0 fully saturated rings. The van der Waals surface area contributed by atoms with Crippen LogP contribution in [-0.2, 0) is 0 Å². The molecule has 0 amide bonds. The fourth-order valence-electron chi connectivity index (χ4n) is 0.847. The van der Waals surface area contributed by atoms with Crippen LogP contribution in [0.25, 0.3) is 0 Å². The first-order chi connectivity index (χ1) is 4.84. The lowest BCUT2D eigenvalue weighted by Crippen LogP contribution is -1.88. The van der Waals surface area contributed by atoms with Crippen LogP contribution < -0.4 is 0 Å². The predicted molar refractivity (Wildman–Crippen MR) is 42.1 cm³/mol. The van der Waals surface area contributed by atoms with Crippen molar-refractivity contribution in [3.05, 3.63) is 18.2 Å². The Hall–Kier alpha value is -0.500. The minimum atomic E-state index is 0.104. The second-order valence-corrected chi connectivity index (χ2v) is 2.79. The van der Waals surface area contributed by atoms with E-state index in [9.17, 15) is 0 Å². The van der Waals surface area contributed by atoms with E-state index in [2.05, 4.69) is 16.9 Å². The Balaban J connectivity index is 2.50. The van der Waals surface area contributed by atoms with Gasteiger partial charge >= 0.3 is 0 Å². The Bertz CT molecular complexity index is 172. The molecule has 1 heterocycles. The molecule has 2 nitrogen and oxygen atoms in total. The van der Waals surface area contributed by atoms with E-state index in [1.165, 1.54) is 0 Å². The first kappa shape index (κ1) is 7.61. The van der Waals surface area contributed by atoms with E-state index < -0.39 is 0 Å². The molecular weight excluding hydrogens is 148 g/mol. The maximum Gasteiger partial charge on any atom is 0.0922 e. The number of hydrogen-bond donors (Lipinski definition) is 1. The van der Waals surface area contributed by atoms with E-state index in [0.29, 0.717) is 0 Å². The molecule has 0 aliphatic rings. The van der Waals surface area contributed by atoms with Gasteiger partial charge in [-0.05, 0) is 6.42 Å². The van der Waals surface area contributed by atoms with Crippen molar-refractivity contribution >= 4 is 11.6 Å². The van der Waals surface area contributed by atoms with Crippen LogP contribution in [0.15, 0.2) is 12.5 Å². The van der Waals surface area contributed by atoms with Gasteiger partial charge in [0, 0.05) is 6.20 Å². The summed E-state index contributed by atoms with van der Waals surface area (Å²) in [7, 11) is 0. The summed E-state index contributed by atoms with van der Waals surface area (Å²) in [6, 6.07) is 0. The van der Waals surface area contributed by atoms with Crippen molar-refractivity contribution in [2.75, 3.05) is 0 Å². The zero-order chi connectivity index (χ0) is 7.40. The summed E-state index contributed by atoms with van der Waals surface area (Å²) >= 11 is 5.98. The number of nitrogens with one attached hydrogen (secondary N) is 1. The first-order valence-electron chi connectivity index (χ1n) is 3.47. The van der Waals surface area contributed by atoms with Crippen molar-refractivity contribution in [2.45, 2.75) is 25.1 Å². The Morgan fingerprint density at radius 3 is 3.10 bits per heavy atom. The number of nitrogens with zero attached hydrogens (tertiary/aromatic N) is 1. The number of aromatic nitrogens is 2. The quantitative estimate of drug-likeness (QED) is 0.673. The van der Waals surface area contributed by atoms with E-state index >= 15 is 0 Å². The molecule has 0 aliphatic carbocycles. The molecule has 0 radical (unpaired) electrons. The Morgan fingerprint density at radius 2 is 2.60 bits per heavy atom. The molecule has 1 rings (SSSR count). The van der Waals surface area contributed by atoms with Crippen LogP contribution in [-0.4, -0.2) is 9.97 Å². The lowest BCUT2D eigenvalue weighted by molar-refractivity contribution is 0.756. The highest BCUT2D eigenvalue weighted by Gasteiger charge is 2.06. The largest absolute Gasteiger partial charge is 0.347 e. The standard InChI is InChI=1S/C7H11ClN2/c1-2-3-6(8)7-4-9-5-10-7/h4-6H,2-3H2,1H3,(H,9,10). The van der Waals surface area contributed by atoms with Gasteiger partial charge in [-0.25, -0.2) is 4.98 Å². The van der Waals surface area contributed by atoms with Crippen LogP contribution >= 0.6 is 11.6 Å². The molecule has 1 unspecified atom stereocenters.